The number of nitrogens with zero attached hydrogens (tertiary/aromatic N) is 3. The summed E-state index contributed by atoms with van der Waals surface area (Å²) in [4.78, 5) is 24.1. The predicted molar refractivity (Wildman–Crippen MR) is 62.7 cm³/mol. The lowest BCUT2D eigenvalue weighted by Crippen LogP contribution is -2.41. The molecule has 0 radical (unpaired) electrons. The Labute approximate surface area is 101 Å². The summed E-state index contributed by atoms with van der Waals surface area (Å²) >= 11 is 1.04. The third-order valence-electron chi connectivity index (χ3n) is 2.02. The number of nitrogens with two attached hydrogens (primary N) is 1. The van der Waals surface area contributed by atoms with Gasteiger partial charge in [-0.15, -0.1) is 5.10 Å². The van der Waals surface area contributed by atoms with E-state index in [4.69, 9.17) is 5.73 Å². The first kappa shape index (κ1) is 11.2. The van der Waals surface area contributed by atoms with E-state index in [1.807, 2.05) is 0 Å². The lowest BCUT2D eigenvalue weighted by Gasteiger charge is -2.14. The molecule has 86 valence electrons. The molecule has 0 spiro atoms. The summed E-state index contributed by atoms with van der Waals surface area (Å²) in [7, 11) is 0. The summed E-state index contributed by atoms with van der Waals surface area (Å²) in [5.41, 5.74) is 5.53. The maximum absolute atomic E-state index is 12.0. The Kier molecular flexibility index (Phi) is 3.10. The van der Waals surface area contributed by atoms with E-state index in [0.717, 1.165) is 16.4 Å². The predicted octanol–water partition coefficient (Wildman–Crippen LogP) is 1.26. The van der Waals surface area contributed by atoms with E-state index in [-0.39, 0.29) is 5.82 Å². The van der Waals surface area contributed by atoms with Gasteiger partial charge in [0.1, 0.15) is 0 Å². The van der Waals surface area contributed by atoms with Gasteiger partial charge in [0.15, 0.2) is 5.82 Å². The Bertz CT molecular complexity index is 527. The van der Waals surface area contributed by atoms with E-state index in [2.05, 4.69) is 9.59 Å². The third-order valence-corrected chi connectivity index (χ3v) is 2.51. The van der Waals surface area contributed by atoms with Gasteiger partial charge in [-0.05, 0) is 23.7 Å². The van der Waals surface area contributed by atoms with Gasteiger partial charge in [-0.3, -0.25) is 4.79 Å². The molecule has 0 aliphatic carbocycles. The molecule has 1 aromatic heterocycles. The minimum absolute atomic E-state index is 0.136. The number of hydrogen-bond acceptors (Lipinski definition) is 5. The number of imide groups is 1. The summed E-state index contributed by atoms with van der Waals surface area (Å²) < 4.78 is 3.59. The molecule has 3 amide bonds. The molecule has 0 atom stereocenters. The minimum Gasteiger partial charge on any atom is -0.351 e. The summed E-state index contributed by atoms with van der Waals surface area (Å²) in [6, 6.07) is 7.48. The molecule has 7 heteroatoms. The number of anilines is 1. The second kappa shape index (κ2) is 4.71. The molecule has 0 fully saturated rings. The molecule has 0 aliphatic rings. The molecule has 2 rings (SSSR count). The number of urea groups is 1. The van der Waals surface area contributed by atoms with E-state index >= 15 is 0 Å². The average molecular weight is 248 g/mol. The third kappa shape index (κ3) is 2.28. The number of carbonyl (C=O) groups excluding carboxylic acids is 2. The maximum atomic E-state index is 12.0. The zero-order valence-electron chi connectivity index (χ0n) is 8.61. The molecular weight excluding hydrogens is 240 g/mol. The number of amides is 3. The van der Waals surface area contributed by atoms with Crippen LogP contribution in [-0.4, -0.2) is 21.5 Å². The van der Waals surface area contributed by atoms with Crippen molar-refractivity contribution in [2.75, 3.05) is 4.90 Å². The first-order valence-electron chi connectivity index (χ1n) is 4.66. The van der Waals surface area contributed by atoms with Crippen molar-refractivity contribution >= 4 is 29.3 Å². The van der Waals surface area contributed by atoms with Crippen molar-refractivity contribution in [1.82, 2.24) is 9.59 Å². The van der Waals surface area contributed by atoms with Gasteiger partial charge < -0.3 is 5.73 Å². The standard InChI is InChI=1S/C10H8N4O2S/c11-10(16)14(8-6-17-13-12-8)9(15)7-4-2-1-3-5-7/h1-6H,(H2,11,16). The van der Waals surface area contributed by atoms with E-state index in [0.29, 0.717) is 5.56 Å². The van der Waals surface area contributed by atoms with Gasteiger partial charge in [-0.2, -0.15) is 0 Å². The fourth-order valence-electron chi connectivity index (χ4n) is 1.28. The van der Waals surface area contributed by atoms with E-state index < -0.39 is 11.9 Å². The molecule has 2 aromatic rings. The number of carbonyl (C=O) groups is 2. The number of hydrogen-bond donors (Lipinski definition) is 1. The Hall–Kier alpha value is -2.28. The summed E-state index contributed by atoms with van der Waals surface area (Å²) in [5.74, 6) is -0.387. The molecule has 1 heterocycles. The fraction of sp³-hybridized carbons (Fsp3) is 0. The summed E-state index contributed by atoms with van der Waals surface area (Å²) in [6.45, 7) is 0. The van der Waals surface area contributed by atoms with Crippen LogP contribution in [0.15, 0.2) is 35.7 Å². The summed E-state index contributed by atoms with van der Waals surface area (Å²) in [6.07, 6.45) is 0. The van der Waals surface area contributed by atoms with Gasteiger partial charge in [0.25, 0.3) is 5.91 Å². The van der Waals surface area contributed by atoms with E-state index in [9.17, 15) is 9.59 Å². The Morgan fingerprint density at radius 2 is 1.94 bits per heavy atom. The van der Waals surface area contributed by atoms with Crippen molar-refractivity contribution < 1.29 is 9.59 Å². The zero-order chi connectivity index (χ0) is 12.3. The number of benzene rings is 1. The van der Waals surface area contributed by atoms with Crippen molar-refractivity contribution in [3.8, 4) is 0 Å². The average Bonchev–Trinajstić information content (AvgIpc) is 2.83. The van der Waals surface area contributed by atoms with Crippen LogP contribution in [0.25, 0.3) is 0 Å². The second-order valence-corrected chi connectivity index (χ2v) is 3.72. The van der Waals surface area contributed by atoms with Crippen molar-refractivity contribution in [3.63, 3.8) is 0 Å². The smallest absolute Gasteiger partial charge is 0.327 e. The number of aromatic nitrogens is 2. The topological polar surface area (TPSA) is 89.2 Å². The second-order valence-electron chi connectivity index (χ2n) is 3.11. The Morgan fingerprint density at radius 3 is 2.47 bits per heavy atom. The van der Waals surface area contributed by atoms with Crippen molar-refractivity contribution in [3.05, 3.63) is 41.3 Å². The van der Waals surface area contributed by atoms with Crippen LogP contribution in [0.3, 0.4) is 0 Å². The van der Waals surface area contributed by atoms with Crippen LogP contribution in [0.2, 0.25) is 0 Å². The monoisotopic (exact) mass is 248 g/mol. The van der Waals surface area contributed by atoms with Gasteiger partial charge in [-0.25, -0.2) is 9.69 Å². The van der Waals surface area contributed by atoms with Crippen LogP contribution < -0.4 is 10.6 Å². The van der Waals surface area contributed by atoms with Crippen LogP contribution in [-0.2, 0) is 0 Å². The zero-order valence-corrected chi connectivity index (χ0v) is 9.42. The van der Waals surface area contributed by atoms with Crippen LogP contribution in [0.1, 0.15) is 10.4 Å². The highest BCUT2D eigenvalue weighted by atomic mass is 32.1. The molecule has 0 aliphatic heterocycles. The molecule has 0 unspecified atom stereocenters. The largest absolute Gasteiger partial charge is 0.351 e. The molecule has 0 saturated carbocycles. The first-order chi connectivity index (χ1) is 8.20. The normalized spacial score (nSPS) is 9.88. The molecule has 6 nitrogen and oxygen atoms in total. The highest BCUT2D eigenvalue weighted by molar-refractivity contribution is 7.03. The lowest BCUT2D eigenvalue weighted by molar-refractivity contribution is 0.0994. The SMILES string of the molecule is NC(=O)N(C(=O)c1ccccc1)c1csnn1. The van der Waals surface area contributed by atoms with Gasteiger partial charge >= 0.3 is 6.03 Å². The van der Waals surface area contributed by atoms with Gasteiger partial charge in [0, 0.05) is 5.56 Å². The fourth-order valence-corrected chi connectivity index (χ4v) is 1.71. The molecule has 1 aromatic carbocycles. The lowest BCUT2D eigenvalue weighted by atomic mass is 10.2. The maximum Gasteiger partial charge on any atom is 0.327 e. The molecule has 2 N–H and O–H groups in total. The number of primary amides is 1. The van der Waals surface area contributed by atoms with Crippen molar-refractivity contribution in [2.45, 2.75) is 0 Å². The highest BCUT2D eigenvalue weighted by Gasteiger charge is 2.24. The molecule has 0 bridgehead atoms. The Balaban J connectivity index is 2.36. The molecule has 17 heavy (non-hydrogen) atoms. The quantitative estimate of drug-likeness (QED) is 0.866. The Morgan fingerprint density at radius 1 is 1.24 bits per heavy atom. The molecule has 0 saturated heterocycles. The number of rotatable bonds is 2. The van der Waals surface area contributed by atoms with E-state index in [1.54, 1.807) is 30.3 Å². The van der Waals surface area contributed by atoms with Crippen LogP contribution >= 0.6 is 11.5 Å². The van der Waals surface area contributed by atoms with Crippen LogP contribution in [0.5, 0.6) is 0 Å². The molecular formula is C10H8N4O2S. The highest BCUT2D eigenvalue weighted by Crippen LogP contribution is 2.15. The summed E-state index contributed by atoms with van der Waals surface area (Å²) in [5, 5.41) is 5.13. The van der Waals surface area contributed by atoms with Gasteiger partial charge in [-0.1, -0.05) is 22.7 Å². The minimum atomic E-state index is -0.883. The van der Waals surface area contributed by atoms with Crippen LogP contribution in [0, 0.1) is 0 Å². The van der Waals surface area contributed by atoms with Crippen molar-refractivity contribution in [2.24, 2.45) is 5.73 Å². The van der Waals surface area contributed by atoms with E-state index in [1.165, 1.54) is 5.38 Å². The van der Waals surface area contributed by atoms with Gasteiger partial charge in [0.2, 0.25) is 0 Å². The first-order valence-corrected chi connectivity index (χ1v) is 5.50. The van der Waals surface area contributed by atoms with Gasteiger partial charge in [0.05, 0.1) is 5.38 Å². The van der Waals surface area contributed by atoms with Crippen molar-refractivity contribution in [1.29, 1.82) is 0 Å². The van der Waals surface area contributed by atoms with Crippen LogP contribution in [0.4, 0.5) is 10.6 Å².